The molecule has 3 rings (SSSR count). The Morgan fingerprint density at radius 1 is 1.19 bits per heavy atom. The lowest BCUT2D eigenvalue weighted by molar-refractivity contribution is -0.274. The zero-order valence-corrected chi connectivity index (χ0v) is 22.3. The normalized spacial score (nSPS) is 21.9. The number of rotatable bonds is 6. The van der Waals surface area contributed by atoms with E-state index in [-0.39, 0.29) is 17.5 Å². The zero-order chi connectivity index (χ0) is 27.9. The molecular formula is C30H39F3N2O2. The number of aliphatic imine (C=N–C) groups is 1. The van der Waals surface area contributed by atoms with Gasteiger partial charge in [0.15, 0.2) is 0 Å². The number of ether oxygens (including phenoxy) is 2. The molecule has 2 saturated heterocycles. The Bertz CT molecular complexity index is 968. The van der Waals surface area contributed by atoms with Crippen LogP contribution in [0.5, 0.6) is 5.75 Å². The highest BCUT2D eigenvalue weighted by atomic mass is 19.4. The molecule has 0 amide bonds. The molecule has 2 aliphatic rings. The fourth-order valence-corrected chi connectivity index (χ4v) is 4.52. The zero-order valence-electron chi connectivity index (χ0n) is 22.3. The number of halogens is 3. The van der Waals surface area contributed by atoms with Crippen LogP contribution in [0.2, 0.25) is 0 Å². The van der Waals surface area contributed by atoms with Crippen molar-refractivity contribution in [1.29, 1.82) is 0 Å². The van der Waals surface area contributed by atoms with Crippen molar-refractivity contribution in [3.05, 3.63) is 78.1 Å². The lowest BCUT2D eigenvalue weighted by atomic mass is 9.81. The molecular weight excluding hydrogens is 477 g/mol. The van der Waals surface area contributed by atoms with Crippen molar-refractivity contribution in [2.45, 2.75) is 65.0 Å². The minimum Gasteiger partial charge on any atom is -0.406 e. The van der Waals surface area contributed by atoms with E-state index in [9.17, 15) is 13.2 Å². The van der Waals surface area contributed by atoms with Crippen LogP contribution in [-0.2, 0) is 4.74 Å². The second-order valence-corrected chi connectivity index (χ2v) is 8.28. The SMILES string of the molecule is C#C.C=CC=N/C(=C\C)C1OC2(CCN(CC)CC2)C(=C/C)/C1=C\CC.FC(F)(F)Oc1ccccc1. The van der Waals surface area contributed by atoms with E-state index in [2.05, 4.69) is 73.1 Å². The third kappa shape index (κ3) is 9.38. The van der Waals surface area contributed by atoms with Gasteiger partial charge in [-0.3, -0.25) is 4.99 Å². The Hall–Kier alpha value is -3.08. The van der Waals surface area contributed by atoms with Gasteiger partial charge in [0.05, 0.1) is 11.3 Å². The Labute approximate surface area is 220 Å². The van der Waals surface area contributed by atoms with Crippen molar-refractivity contribution in [3.8, 4) is 18.6 Å². The molecule has 0 aromatic heterocycles. The number of likely N-dealkylation sites (tertiary alicyclic amines) is 1. The monoisotopic (exact) mass is 516 g/mol. The van der Waals surface area contributed by atoms with E-state index in [0.29, 0.717) is 0 Å². The predicted molar refractivity (Wildman–Crippen MR) is 147 cm³/mol. The van der Waals surface area contributed by atoms with Gasteiger partial charge in [0.1, 0.15) is 11.9 Å². The lowest BCUT2D eigenvalue weighted by Gasteiger charge is -2.39. The molecule has 0 aliphatic carbocycles. The molecule has 0 N–H and O–H groups in total. The van der Waals surface area contributed by atoms with Gasteiger partial charge in [-0.1, -0.05) is 62.9 Å². The fraction of sp³-hybridized carbons (Fsp3) is 0.433. The molecule has 1 atom stereocenters. The van der Waals surface area contributed by atoms with Crippen LogP contribution in [0, 0.1) is 12.8 Å². The Balaban J connectivity index is 0.000000439. The molecule has 0 saturated carbocycles. The number of hydrogen-bond donors (Lipinski definition) is 0. The Kier molecular flexibility index (Phi) is 13.7. The molecule has 0 radical (unpaired) electrons. The number of para-hydroxylation sites is 1. The number of nitrogens with zero attached hydrogens (tertiary/aromatic N) is 2. The molecule has 1 aromatic carbocycles. The van der Waals surface area contributed by atoms with Crippen LogP contribution < -0.4 is 4.74 Å². The van der Waals surface area contributed by atoms with E-state index >= 15 is 0 Å². The van der Waals surface area contributed by atoms with E-state index in [1.807, 2.05) is 6.92 Å². The fourth-order valence-electron chi connectivity index (χ4n) is 4.52. The van der Waals surface area contributed by atoms with Crippen LogP contribution in [0.15, 0.2) is 83.1 Å². The van der Waals surface area contributed by atoms with Gasteiger partial charge < -0.3 is 14.4 Å². The minimum absolute atomic E-state index is 0.0643. The molecule has 2 fully saturated rings. The quantitative estimate of drug-likeness (QED) is 0.290. The summed E-state index contributed by atoms with van der Waals surface area (Å²) in [6.45, 7) is 15.6. The number of alkyl halides is 3. The van der Waals surface area contributed by atoms with Gasteiger partial charge in [-0.2, -0.15) is 0 Å². The Morgan fingerprint density at radius 3 is 2.27 bits per heavy atom. The summed E-state index contributed by atoms with van der Waals surface area (Å²) in [6, 6.07) is 7.05. The van der Waals surface area contributed by atoms with E-state index in [1.165, 1.54) is 35.4 Å². The highest BCUT2D eigenvalue weighted by molar-refractivity contribution is 5.71. The summed E-state index contributed by atoms with van der Waals surface area (Å²) in [5.74, 6) is -0.194. The van der Waals surface area contributed by atoms with E-state index < -0.39 is 6.36 Å². The van der Waals surface area contributed by atoms with Gasteiger partial charge in [0.25, 0.3) is 0 Å². The first kappa shape index (κ1) is 31.9. The summed E-state index contributed by atoms with van der Waals surface area (Å²) >= 11 is 0. The third-order valence-corrected chi connectivity index (χ3v) is 6.12. The van der Waals surface area contributed by atoms with Gasteiger partial charge in [-0.25, -0.2) is 0 Å². The van der Waals surface area contributed by atoms with Crippen molar-refractivity contribution in [2.75, 3.05) is 19.6 Å². The first-order valence-electron chi connectivity index (χ1n) is 12.5. The molecule has 37 heavy (non-hydrogen) atoms. The summed E-state index contributed by atoms with van der Waals surface area (Å²) in [5, 5.41) is 0. The topological polar surface area (TPSA) is 34.1 Å². The van der Waals surface area contributed by atoms with Gasteiger partial charge >= 0.3 is 6.36 Å². The highest BCUT2D eigenvalue weighted by Crippen LogP contribution is 2.48. The van der Waals surface area contributed by atoms with Crippen LogP contribution in [-0.4, -0.2) is 48.8 Å². The van der Waals surface area contributed by atoms with Gasteiger partial charge in [0, 0.05) is 19.3 Å². The van der Waals surface area contributed by atoms with Gasteiger partial charge in [0.2, 0.25) is 0 Å². The molecule has 1 spiro atoms. The molecule has 1 aromatic rings. The maximum atomic E-state index is 11.5. The largest absolute Gasteiger partial charge is 0.573 e. The molecule has 2 heterocycles. The summed E-state index contributed by atoms with van der Waals surface area (Å²) in [4.78, 5) is 7.07. The smallest absolute Gasteiger partial charge is 0.406 e. The summed E-state index contributed by atoms with van der Waals surface area (Å²) < 4.78 is 44.9. The maximum Gasteiger partial charge on any atom is 0.573 e. The van der Waals surface area contributed by atoms with Crippen molar-refractivity contribution in [2.24, 2.45) is 4.99 Å². The van der Waals surface area contributed by atoms with Crippen molar-refractivity contribution < 1.29 is 22.6 Å². The summed E-state index contributed by atoms with van der Waals surface area (Å²) in [7, 11) is 0. The van der Waals surface area contributed by atoms with Gasteiger partial charge in [-0.15, -0.1) is 26.0 Å². The standard InChI is InChI=1S/C21H32N2O.C7H5F3O.C2H2/c1-6-11-17-18(8-3)21(12-15-23(10-5)16-13-21)24-20(17)19(9-4)22-14-7-2;8-7(9,10)11-6-4-2-1-3-5-6;1-2/h7-9,11,14,20H,2,6,10,12-13,15-16H2,1,3-5H3;1-5H;1-2H/b17-11+,18-8+,19-9-,22-14?;;. The van der Waals surface area contributed by atoms with Crippen LogP contribution in [0.4, 0.5) is 13.2 Å². The van der Waals surface area contributed by atoms with Crippen molar-refractivity contribution in [1.82, 2.24) is 4.90 Å². The second-order valence-electron chi connectivity index (χ2n) is 8.28. The molecule has 1 unspecified atom stereocenters. The van der Waals surface area contributed by atoms with Crippen LogP contribution in [0.1, 0.15) is 47.0 Å². The van der Waals surface area contributed by atoms with Crippen LogP contribution in [0.25, 0.3) is 0 Å². The van der Waals surface area contributed by atoms with E-state index in [1.54, 1.807) is 18.4 Å². The average Bonchev–Trinajstić information content (AvgIpc) is 3.18. The highest BCUT2D eigenvalue weighted by Gasteiger charge is 2.49. The molecule has 0 bridgehead atoms. The third-order valence-electron chi connectivity index (χ3n) is 6.12. The molecule has 4 nitrogen and oxygen atoms in total. The van der Waals surface area contributed by atoms with Crippen LogP contribution >= 0.6 is 0 Å². The van der Waals surface area contributed by atoms with Crippen molar-refractivity contribution >= 4 is 6.21 Å². The second kappa shape index (κ2) is 15.9. The summed E-state index contributed by atoms with van der Waals surface area (Å²) in [6.07, 6.45) is 16.6. The number of benzene rings is 1. The lowest BCUT2D eigenvalue weighted by Crippen LogP contribution is -2.45. The summed E-state index contributed by atoms with van der Waals surface area (Å²) in [5.41, 5.74) is 3.51. The van der Waals surface area contributed by atoms with Crippen molar-refractivity contribution in [3.63, 3.8) is 0 Å². The molecule has 2 aliphatic heterocycles. The molecule has 7 heteroatoms. The first-order chi connectivity index (χ1) is 17.7. The predicted octanol–water partition coefficient (Wildman–Crippen LogP) is 7.52. The number of hydrogen-bond acceptors (Lipinski definition) is 4. The molecule has 202 valence electrons. The van der Waals surface area contributed by atoms with E-state index in [0.717, 1.165) is 44.6 Å². The number of terminal acetylenes is 1. The number of piperidine rings is 1. The van der Waals surface area contributed by atoms with Gasteiger partial charge in [-0.05, 0) is 62.9 Å². The Morgan fingerprint density at radius 2 is 1.81 bits per heavy atom. The minimum atomic E-state index is -4.60. The first-order valence-corrected chi connectivity index (χ1v) is 12.5. The average molecular weight is 517 g/mol. The van der Waals surface area contributed by atoms with E-state index in [4.69, 9.17) is 4.74 Å². The maximum absolute atomic E-state index is 11.5. The van der Waals surface area contributed by atoms with Crippen LogP contribution in [0.3, 0.4) is 0 Å². The number of allylic oxidation sites excluding steroid dienone is 4.